The van der Waals surface area contributed by atoms with E-state index in [2.05, 4.69) is 17.6 Å². The molecule has 0 N–H and O–H groups in total. The maximum Gasteiger partial charge on any atom is 0.272 e. The lowest BCUT2D eigenvalue weighted by Crippen LogP contribution is -2.07. The van der Waals surface area contributed by atoms with Crippen molar-refractivity contribution in [2.24, 2.45) is 7.05 Å². The van der Waals surface area contributed by atoms with E-state index >= 15 is 0 Å². The monoisotopic (exact) mass is 296 g/mol. The molecule has 3 nitrogen and oxygen atoms in total. The van der Waals surface area contributed by atoms with E-state index in [1.54, 1.807) is 7.05 Å². The molecule has 0 radical (unpaired) electrons. The minimum absolute atomic E-state index is 0.0249. The molecule has 2 rings (SSSR count). The standard InChI is InChI=1S/C10H8ClF3N2OS/c1-16-9-7(11)5(17-3-6(13)14)2-4(12)8(9)15-10(16)18/h2,6H,3H2,1H3,(H,15,18). The summed E-state index contributed by atoms with van der Waals surface area (Å²) in [6, 6.07) is 0.938. The lowest BCUT2D eigenvalue weighted by molar-refractivity contribution is 0.0818. The molecular weight excluding hydrogens is 289 g/mol. The van der Waals surface area contributed by atoms with Crippen molar-refractivity contribution in [3.63, 3.8) is 0 Å². The second-order valence-electron chi connectivity index (χ2n) is 3.54. The molecular formula is C10H8ClF3N2OS. The second kappa shape index (κ2) is 4.89. The largest absolute Gasteiger partial charge is 0.486 e. The normalized spacial score (nSPS) is 11.5. The number of halogens is 4. The Balaban J connectivity index is 2.56. The summed E-state index contributed by atoms with van der Waals surface area (Å²) in [5.74, 6) is -0.840. The van der Waals surface area contributed by atoms with Crippen LogP contribution >= 0.6 is 24.2 Å². The average molecular weight is 297 g/mol. The smallest absolute Gasteiger partial charge is 0.272 e. The van der Waals surface area contributed by atoms with Gasteiger partial charge in [-0.05, 0) is 0 Å². The van der Waals surface area contributed by atoms with Crippen molar-refractivity contribution in [2.75, 3.05) is 6.61 Å². The lowest BCUT2D eigenvalue weighted by Gasteiger charge is -2.09. The fraction of sp³-hybridized carbons (Fsp3) is 0.300. The Labute approximate surface area is 111 Å². The zero-order valence-corrected chi connectivity index (χ0v) is 10.8. The topological polar surface area (TPSA) is 27.1 Å². The Morgan fingerprint density at radius 2 is 2.22 bits per heavy atom. The first-order valence-electron chi connectivity index (χ1n) is 4.86. The van der Waals surface area contributed by atoms with Gasteiger partial charge in [0.1, 0.15) is 22.9 Å². The van der Waals surface area contributed by atoms with Gasteiger partial charge in [0.05, 0.1) is 5.52 Å². The number of benzene rings is 1. The van der Waals surface area contributed by atoms with Crippen LogP contribution in [0.2, 0.25) is 5.02 Å². The molecule has 0 saturated heterocycles. The Morgan fingerprint density at radius 3 is 2.83 bits per heavy atom. The number of rotatable bonds is 3. The van der Waals surface area contributed by atoms with Gasteiger partial charge in [-0.15, -0.1) is 12.6 Å². The first-order chi connectivity index (χ1) is 8.41. The number of fused-ring (bicyclic) bond motifs is 1. The number of hydrogen-bond acceptors (Lipinski definition) is 3. The quantitative estimate of drug-likeness (QED) is 0.880. The predicted octanol–water partition coefficient (Wildman–Crippen LogP) is 3.30. The van der Waals surface area contributed by atoms with Crippen LogP contribution in [0.4, 0.5) is 13.2 Å². The van der Waals surface area contributed by atoms with Gasteiger partial charge < -0.3 is 9.30 Å². The van der Waals surface area contributed by atoms with Crippen LogP contribution in [-0.2, 0) is 7.05 Å². The highest BCUT2D eigenvalue weighted by atomic mass is 35.5. The van der Waals surface area contributed by atoms with Crippen molar-refractivity contribution < 1.29 is 17.9 Å². The number of nitrogens with zero attached hydrogens (tertiary/aromatic N) is 2. The van der Waals surface area contributed by atoms with Gasteiger partial charge in [-0.1, -0.05) is 11.6 Å². The third kappa shape index (κ3) is 2.24. The summed E-state index contributed by atoms with van der Waals surface area (Å²) in [6.45, 7) is -0.851. The summed E-state index contributed by atoms with van der Waals surface area (Å²) in [5, 5.41) is 0.291. The highest BCUT2D eigenvalue weighted by Gasteiger charge is 2.18. The molecule has 0 saturated carbocycles. The second-order valence-corrected chi connectivity index (χ2v) is 4.32. The van der Waals surface area contributed by atoms with Crippen LogP contribution < -0.4 is 4.74 Å². The molecule has 0 spiro atoms. The molecule has 98 valence electrons. The summed E-state index contributed by atoms with van der Waals surface area (Å²) in [6.07, 6.45) is -2.66. The van der Waals surface area contributed by atoms with E-state index in [1.807, 2.05) is 0 Å². The van der Waals surface area contributed by atoms with Crippen molar-refractivity contribution >= 4 is 35.3 Å². The SMILES string of the molecule is Cn1c(S)nc2c(F)cc(OCC(F)F)c(Cl)c21. The number of alkyl halides is 2. The minimum atomic E-state index is -2.66. The van der Waals surface area contributed by atoms with E-state index in [0.717, 1.165) is 6.07 Å². The number of aromatic nitrogens is 2. The molecule has 1 aromatic heterocycles. The Hall–Kier alpha value is -1.08. The maximum atomic E-state index is 13.7. The zero-order valence-electron chi connectivity index (χ0n) is 9.12. The summed E-state index contributed by atoms with van der Waals surface area (Å²) in [4.78, 5) is 3.87. The molecule has 18 heavy (non-hydrogen) atoms. The molecule has 2 aromatic rings. The van der Waals surface area contributed by atoms with E-state index in [9.17, 15) is 13.2 Å². The highest BCUT2D eigenvalue weighted by Crippen LogP contribution is 2.35. The van der Waals surface area contributed by atoms with Crippen molar-refractivity contribution in [3.8, 4) is 5.75 Å². The van der Waals surface area contributed by atoms with Crippen LogP contribution in [0, 0.1) is 5.82 Å². The molecule has 0 fully saturated rings. The van der Waals surface area contributed by atoms with Gasteiger partial charge in [-0.25, -0.2) is 18.2 Å². The predicted molar refractivity (Wildman–Crippen MR) is 64.4 cm³/mol. The molecule has 0 aliphatic carbocycles. The van der Waals surface area contributed by atoms with Gasteiger partial charge in [0, 0.05) is 13.1 Å². The van der Waals surface area contributed by atoms with E-state index < -0.39 is 18.8 Å². The molecule has 0 bridgehead atoms. The maximum absolute atomic E-state index is 13.7. The zero-order chi connectivity index (χ0) is 13.4. The van der Waals surface area contributed by atoms with Crippen LogP contribution in [0.3, 0.4) is 0 Å². The molecule has 0 atom stereocenters. The number of hydrogen-bond donors (Lipinski definition) is 1. The first kappa shape index (κ1) is 13.4. The van der Waals surface area contributed by atoms with Crippen LogP contribution in [0.5, 0.6) is 5.75 Å². The third-order valence-electron chi connectivity index (χ3n) is 2.34. The Bertz CT molecular complexity index is 603. The fourth-order valence-corrected chi connectivity index (χ4v) is 2.05. The van der Waals surface area contributed by atoms with Gasteiger partial charge in [0.25, 0.3) is 6.43 Å². The van der Waals surface area contributed by atoms with Gasteiger partial charge >= 0.3 is 0 Å². The lowest BCUT2D eigenvalue weighted by atomic mass is 10.3. The van der Waals surface area contributed by atoms with Crippen molar-refractivity contribution in [1.29, 1.82) is 0 Å². The van der Waals surface area contributed by atoms with Gasteiger partial charge in [-0.2, -0.15) is 0 Å². The minimum Gasteiger partial charge on any atom is -0.486 e. The van der Waals surface area contributed by atoms with E-state index in [4.69, 9.17) is 16.3 Å². The van der Waals surface area contributed by atoms with E-state index in [-0.39, 0.29) is 27.0 Å². The van der Waals surface area contributed by atoms with Crippen LogP contribution in [0.15, 0.2) is 11.2 Å². The summed E-state index contributed by atoms with van der Waals surface area (Å²) in [7, 11) is 1.58. The summed E-state index contributed by atoms with van der Waals surface area (Å²) >= 11 is 10.0. The third-order valence-corrected chi connectivity index (χ3v) is 3.11. The molecule has 1 aromatic carbocycles. The molecule has 0 amide bonds. The van der Waals surface area contributed by atoms with Crippen molar-refractivity contribution in [1.82, 2.24) is 9.55 Å². The molecule has 0 unspecified atom stereocenters. The van der Waals surface area contributed by atoms with Crippen LogP contribution in [0.1, 0.15) is 0 Å². The molecule has 1 heterocycles. The Morgan fingerprint density at radius 1 is 1.56 bits per heavy atom. The Kier molecular flexibility index (Phi) is 3.63. The fourth-order valence-electron chi connectivity index (χ4n) is 1.53. The summed E-state index contributed by atoms with van der Waals surface area (Å²) < 4.78 is 44.0. The summed E-state index contributed by atoms with van der Waals surface area (Å²) in [5.41, 5.74) is 0.280. The van der Waals surface area contributed by atoms with Gasteiger partial charge in [0.15, 0.2) is 11.0 Å². The van der Waals surface area contributed by atoms with Crippen LogP contribution in [-0.4, -0.2) is 22.6 Å². The first-order valence-corrected chi connectivity index (χ1v) is 5.68. The van der Waals surface area contributed by atoms with Crippen molar-refractivity contribution in [3.05, 3.63) is 16.9 Å². The number of aryl methyl sites for hydroxylation is 1. The van der Waals surface area contributed by atoms with Gasteiger partial charge in [-0.3, -0.25) is 0 Å². The number of imidazole rings is 1. The van der Waals surface area contributed by atoms with Gasteiger partial charge in [0.2, 0.25) is 0 Å². The molecule has 8 heteroatoms. The van der Waals surface area contributed by atoms with E-state index in [0.29, 0.717) is 0 Å². The van der Waals surface area contributed by atoms with E-state index in [1.165, 1.54) is 4.57 Å². The number of thiol groups is 1. The molecule has 0 aliphatic rings. The molecule has 0 aliphatic heterocycles. The highest BCUT2D eigenvalue weighted by molar-refractivity contribution is 7.80. The van der Waals surface area contributed by atoms with Crippen LogP contribution in [0.25, 0.3) is 11.0 Å². The average Bonchev–Trinajstić information content (AvgIpc) is 2.59. The van der Waals surface area contributed by atoms with Crippen molar-refractivity contribution in [2.45, 2.75) is 11.6 Å². The number of ether oxygens (including phenoxy) is 1.